The fraction of sp³-hybridized carbons (Fsp3) is 1.00. The van der Waals surface area contributed by atoms with Gasteiger partial charge in [0, 0.05) is 6.42 Å². The van der Waals surface area contributed by atoms with Crippen molar-refractivity contribution in [3.63, 3.8) is 0 Å². The molecule has 0 saturated carbocycles. The van der Waals surface area contributed by atoms with Crippen molar-refractivity contribution in [3.05, 3.63) is 0 Å². The molecule has 12 heavy (non-hydrogen) atoms. The number of ether oxygens (including phenoxy) is 2. The van der Waals surface area contributed by atoms with Gasteiger partial charge in [0.05, 0.1) is 11.7 Å². The Morgan fingerprint density at radius 3 is 2.33 bits per heavy atom. The molecule has 1 aliphatic heterocycles. The van der Waals surface area contributed by atoms with Crippen molar-refractivity contribution in [2.24, 2.45) is 0 Å². The third-order valence-electron chi connectivity index (χ3n) is 2.36. The topological polar surface area (TPSA) is 18.5 Å². The second kappa shape index (κ2) is 3.00. The van der Waals surface area contributed by atoms with Crippen LogP contribution in [0.15, 0.2) is 0 Å². The van der Waals surface area contributed by atoms with Crippen LogP contribution in [0.4, 0.5) is 0 Å². The van der Waals surface area contributed by atoms with Crippen molar-refractivity contribution in [2.45, 2.75) is 65.0 Å². The Labute approximate surface area is 75.2 Å². The van der Waals surface area contributed by atoms with E-state index in [-0.39, 0.29) is 11.4 Å². The highest BCUT2D eigenvalue weighted by atomic mass is 16.7. The molecule has 0 amide bonds. The highest BCUT2D eigenvalue weighted by molar-refractivity contribution is 4.82. The van der Waals surface area contributed by atoms with E-state index in [1.807, 2.05) is 6.92 Å². The van der Waals surface area contributed by atoms with Crippen LogP contribution in [0.25, 0.3) is 0 Å². The molecule has 0 radical (unpaired) electrons. The Bertz CT molecular complexity index is 165. The quantitative estimate of drug-likeness (QED) is 0.605. The lowest BCUT2D eigenvalue weighted by atomic mass is 9.98. The minimum Gasteiger partial charge on any atom is -0.347 e. The lowest BCUT2D eigenvalue weighted by Gasteiger charge is -2.45. The third-order valence-corrected chi connectivity index (χ3v) is 2.36. The molecule has 72 valence electrons. The maximum atomic E-state index is 5.86. The summed E-state index contributed by atoms with van der Waals surface area (Å²) < 4.78 is 11.6. The Hall–Kier alpha value is -0.0800. The molecule has 1 saturated heterocycles. The normalized spacial score (nSPS) is 41.2. The van der Waals surface area contributed by atoms with Crippen LogP contribution in [-0.2, 0) is 9.47 Å². The van der Waals surface area contributed by atoms with Crippen molar-refractivity contribution in [3.8, 4) is 0 Å². The molecule has 2 atom stereocenters. The zero-order valence-corrected chi connectivity index (χ0v) is 8.81. The smallest absolute Gasteiger partial charge is 0.166 e. The van der Waals surface area contributed by atoms with Gasteiger partial charge in [-0.3, -0.25) is 0 Å². The van der Waals surface area contributed by atoms with Gasteiger partial charge in [-0.05, 0) is 34.1 Å². The molecule has 0 spiro atoms. The summed E-state index contributed by atoms with van der Waals surface area (Å²) in [5.74, 6) is -0.374. The van der Waals surface area contributed by atoms with E-state index in [1.165, 1.54) is 0 Å². The third kappa shape index (κ3) is 2.20. The summed E-state index contributed by atoms with van der Waals surface area (Å²) in [5, 5.41) is 0. The first-order valence-electron chi connectivity index (χ1n) is 4.75. The first kappa shape index (κ1) is 10.0. The van der Waals surface area contributed by atoms with Gasteiger partial charge in [0.2, 0.25) is 0 Å². The SMILES string of the molecule is CC[C@@]1(C)O[C@H](C)CC(C)(C)O1. The Morgan fingerprint density at radius 1 is 1.33 bits per heavy atom. The second-order valence-corrected chi connectivity index (χ2v) is 4.48. The van der Waals surface area contributed by atoms with Gasteiger partial charge in [0.1, 0.15) is 0 Å². The number of hydrogen-bond acceptors (Lipinski definition) is 2. The molecule has 1 aliphatic rings. The maximum Gasteiger partial charge on any atom is 0.166 e. The minimum atomic E-state index is -0.374. The van der Waals surface area contributed by atoms with Gasteiger partial charge in [0.25, 0.3) is 0 Å². The molecule has 0 unspecified atom stereocenters. The zero-order valence-electron chi connectivity index (χ0n) is 8.81. The van der Waals surface area contributed by atoms with Crippen LogP contribution in [0.1, 0.15) is 47.5 Å². The van der Waals surface area contributed by atoms with E-state index < -0.39 is 0 Å². The molecule has 0 aromatic heterocycles. The molecule has 0 aromatic carbocycles. The molecule has 2 nitrogen and oxygen atoms in total. The fourth-order valence-electron chi connectivity index (χ4n) is 1.97. The van der Waals surface area contributed by atoms with Crippen molar-refractivity contribution >= 4 is 0 Å². The fourth-order valence-corrected chi connectivity index (χ4v) is 1.97. The Morgan fingerprint density at radius 2 is 1.92 bits per heavy atom. The average Bonchev–Trinajstić information content (AvgIpc) is 1.82. The van der Waals surface area contributed by atoms with Crippen molar-refractivity contribution in [1.29, 1.82) is 0 Å². The summed E-state index contributed by atoms with van der Waals surface area (Å²) in [6, 6.07) is 0. The molecular weight excluding hydrogens is 152 g/mol. The molecule has 0 bridgehead atoms. The summed E-state index contributed by atoms with van der Waals surface area (Å²) in [6.07, 6.45) is 2.18. The van der Waals surface area contributed by atoms with Gasteiger partial charge in [-0.25, -0.2) is 0 Å². The van der Waals surface area contributed by atoms with Crippen LogP contribution in [0.2, 0.25) is 0 Å². The van der Waals surface area contributed by atoms with Gasteiger partial charge in [-0.2, -0.15) is 0 Å². The van der Waals surface area contributed by atoms with Crippen LogP contribution < -0.4 is 0 Å². The van der Waals surface area contributed by atoms with Crippen LogP contribution in [0.5, 0.6) is 0 Å². The Kier molecular flexibility index (Phi) is 2.50. The van der Waals surface area contributed by atoms with E-state index in [4.69, 9.17) is 9.47 Å². The molecular formula is C10H20O2. The Balaban J connectivity index is 2.70. The van der Waals surface area contributed by atoms with Gasteiger partial charge in [0.15, 0.2) is 5.79 Å². The second-order valence-electron chi connectivity index (χ2n) is 4.48. The predicted octanol–water partition coefficient (Wildman–Crippen LogP) is 2.72. The molecule has 1 fully saturated rings. The van der Waals surface area contributed by atoms with Crippen LogP contribution in [-0.4, -0.2) is 17.5 Å². The van der Waals surface area contributed by atoms with E-state index in [0.29, 0.717) is 6.10 Å². The maximum absolute atomic E-state index is 5.86. The van der Waals surface area contributed by atoms with Gasteiger partial charge in [-0.15, -0.1) is 0 Å². The molecule has 0 N–H and O–H groups in total. The first-order chi connectivity index (χ1) is 5.37. The minimum absolute atomic E-state index is 0.0393. The van der Waals surface area contributed by atoms with Crippen LogP contribution in [0, 0.1) is 0 Å². The highest BCUT2D eigenvalue weighted by Gasteiger charge is 2.40. The molecule has 1 rings (SSSR count). The van der Waals surface area contributed by atoms with Crippen LogP contribution >= 0.6 is 0 Å². The predicted molar refractivity (Wildman–Crippen MR) is 49.0 cm³/mol. The largest absolute Gasteiger partial charge is 0.347 e. The highest BCUT2D eigenvalue weighted by Crippen LogP contribution is 2.35. The summed E-state index contributed by atoms with van der Waals surface area (Å²) in [6.45, 7) is 10.5. The van der Waals surface area contributed by atoms with Gasteiger partial charge < -0.3 is 9.47 Å². The molecule has 0 aromatic rings. The van der Waals surface area contributed by atoms with Crippen molar-refractivity contribution in [2.75, 3.05) is 0 Å². The van der Waals surface area contributed by atoms with E-state index in [9.17, 15) is 0 Å². The lowest BCUT2D eigenvalue weighted by molar-refractivity contribution is -0.331. The summed E-state index contributed by atoms with van der Waals surface area (Å²) in [7, 11) is 0. The summed E-state index contributed by atoms with van der Waals surface area (Å²) in [5.41, 5.74) is -0.0393. The van der Waals surface area contributed by atoms with E-state index in [2.05, 4.69) is 27.7 Å². The van der Waals surface area contributed by atoms with E-state index >= 15 is 0 Å². The monoisotopic (exact) mass is 172 g/mol. The number of rotatable bonds is 1. The average molecular weight is 172 g/mol. The zero-order chi connectivity index (χ0) is 9.41. The first-order valence-corrected chi connectivity index (χ1v) is 4.75. The van der Waals surface area contributed by atoms with Gasteiger partial charge in [-0.1, -0.05) is 6.92 Å². The molecule has 0 aliphatic carbocycles. The van der Waals surface area contributed by atoms with Crippen molar-refractivity contribution < 1.29 is 9.47 Å². The van der Waals surface area contributed by atoms with E-state index in [1.54, 1.807) is 0 Å². The molecule has 1 heterocycles. The van der Waals surface area contributed by atoms with Crippen LogP contribution in [0.3, 0.4) is 0 Å². The lowest BCUT2D eigenvalue weighted by Crippen LogP contribution is -2.49. The standard InChI is InChI=1S/C10H20O2/c1-6-10(5)11-8(2)7-9(3,4)12-10/h8H,6-7H2,1-5H3/t8-,10+/m1/s1. The van der Waals surface area contributed by atoms with Crippen molar-refractivity contribution in [1.82, 2.24) is 0 Å². The summed E-state index contributed by atoms with van der Waals surface area (Å²) in [4.78, 5) is 0. The number of hydrogen-bond donors (Lipinski definition) is 0. The van der Waals surface area contributed by atoms with E-state index in [0.717, 1.165) is 12.8 Å². The van der Waals surface area contributed by atoms with Gasteiger partial charge >= 0.3 is 0 Å². The summed E-state index contributed by atoms with van der Waals surface area (Å²) >= 11 is 0. The molecule has 2 heteroatoms.